The lowest BCUT2D eigenvalue weighted by Gasteiger charge is -2.36. The molecule has 1 atom stereocenters. The minimum Gasteiger partial charge on any atom is -0.376 e. The van der Waals surface area contributed by atoms with Crippen LogP contribution in [0.2, 0.25) is 5.02 Å². The molecule has 12 nitrogen and oxygen atoms in total. The summed E-state index contributed by atoms with van der Waals surface area (Å²) in [6.45, 7) is 5.03. The largest absolute Gasteiger partial charge is 0.376 e. The lowest BCUT2D eigenvalue weighted by Crippen LogP contribution is -2.46. The first-order valence-corrected chi connectivity index (χ1v) is 23.0. The highest BCUT2D eigenvalue weighted by atomic mass is 35.5. The van der Waals surface area contributed by atoms with Gasteiger partial charge in [0.25, 0.3) is 15.7 Å². The highest BCUT2D eigenvalue weighted by molar-refractivity contribution is 7.99. The Hall–Kier alpha value is -5.25. The van der Waals surface area contributed by atoms with E-state index in [0.29, 0.717) is 27.7 Å². The van der Waals surface area contributed by atoms with Gasteiger partial charge in [-0.2, -0.15) is 0 Å². The Labute approximate surface area is 360 Å². The predicted molar refractivity (Wildman–Crippen MR) is 243 cm³/mol. The number of thioether (sulfide) groups is 1. The number of hydrogen-bond donors (Lipinski definition) is 2. The summed E-state index contributed by atoms with van der Waals surface area (Å²) in [5.74, 6) is 0.777. The highest BCUT2D eigenvalue weighted by Crippen LogP contribution is 2.33. The van der Waals surface area contributed by atoms with Crippen LogP contribution in [0.15, 0.2) is 131 Å². The minimum atomic E-state index is -4.27. The van der Waals surface area contributed by atoms with Gasteiger partial charge in [-0.1, -0.05) is 66.2 Å². The fraction of sp³-hybridized carbons (Fsp3) is 0.289. The number of nitro benzene ring substituents is 1. The van der Waals surface area contributed by atoms with Crippen molar-refractivity contribution in [1.29, 1.82) is 0 Å². The number of nitrogens with one attached hydrogen (secondary N) is 2. The Kier molecular flexibility index (Phi) is 12.8. The van der Waals surface area contributed by atoms with Gasteiger partial charge >= 0.3 is 0 Å². The van der Waals surface area contributed by atoms with Crippen molar-refractivity contribution in [2.24, 2.45) is 0 Å². The van der Waals surface area contributed by atoms with Crippen LogP contribution in [0.25, 0.3) is 22.0 Å². The molecule has 0 spiro atoms. The quantitative estimate of drug-likeness (QED) is 0.0517. The van der Waals surface area contributed by atoms with Crippen LogP contribution in [0.3, 0.4) is 0 Å². The maximum Gasteiger partial charge on any atom is 0.293 e. The molecule has 0 unspecified atom stereocenters. The van der Waals surface area contributed by atoms with Crippen LogP contribution in [0.5, 0.6) is 0 Å². The van der Waals surface area contributed by atoms with Crippen molar-refractivity contribution < 1.29 is 13.3 Å². The molecule has 8 rings (SSSR count). The molecule has 2 fully saturated rings. The second-order valence-corrected chi connectivity index (χ2v) is 18.6. The van der Waals surface area contributed by atoms with Crippen LogP contribution in [0.4, 0.5) is 22.9 Å². The van der Waals surface area contributed by atoms with Crippen LogP contribution < -0.4 is 14.9 Å². The molecule has 1 saturated heterocycles. The van der Waals surface area contributed by atoms with Gasteiger partial charge in [-0.15, -0.1) is 11.8 Å². The van der Waals surface area contributed by atoms with Gasteiger partial charge in [0.05, 0.1) is 15.3 Å². The topological polar surface area (TPSA) is 137 Å². The SMILES string of the molecule is CN(CC[C@H](CSc1ccccc1)Nc1ccc(S(=O)(=O)Nc2ncnc3cc(N4CCN(Cc5ccccc5-c5ccc(Cl)cc5)CC4)ccc23)cc1[N+](=O)[O-])C1CC1. The van der Waals surface area contributed by atoms with E-state index < -0.39 is 14.9 Å². The van der Waals surface area contributed by atoms with E-state index in [1.54, 1.807) is 11.8 Å². The third-order valence-electron chi connectivity index (χ3n) is 11.2. The van der Waals surface area contributed by atoms with Crippen LogP contribution in [-0.4, -0.2) is 90.7 Å². The molecular weight excluding hydrogens is 816 g/mol. The molecule has 2 N–H and O–H groups in total. The minimum absolute atomic E-state index is 0.0957. The standard InChI is InChI=1S/C45H47ClN8O4S2/c1-51(36-15-16-36)22-21-35(30-59-38-8-3-2-4-9-38)49-42-20-18-39(28-44(42)54(55)56)60(57,58)50-45-41-19-17-37(27-43(41)47-31-48-45)53-25-23-52(24-26-53)29-33-7-5-6-10-40(33)32-11-13-34(46)14-12-32/h2-14,17-20,27-28,31,35-36,49H,15-16,21-26,29-30H2,1H3,(H,47,48,50)/t35-/m1/s1. The van der Waals surface area contributed by atoms with Crippen molar-refractivity contribution in [3.8, 4) is 11.1 Å². The van der Waals surface area contributed by atoms with Gasteiger partial charge in [-0.25, -0.2) is 18.4 Å². The summed E-state index contributed by atoms with van der Waals surface area (Å²) < 4.78 is 30.2. The maximum atomic E-state index is 13.8. The van der Waals surface area contributed by atoms with Crippen molar-refractivity contribution in [2.45, 2.75) is 47.7 Å². The number of benzene rings is 5. The van der Waals surface area contributed by atoms with Gasteiger partial charge in [-0.3, -0.25) is 19.7 Å². The van der Waals surface area contributed by atoms with Crippen LogP contribution in [0, 0.1) is 10.1 Å². The Balaban J connectivity index is 0.934. The fourth-order valence-corrected chi connectivity index (χ4v) is 9.79. The summed E-state index contributed by atoms with van der Waals surface area (Å²) in [6.07, 6.45) is 4.47. The molecule has 0 amide bonds. The maximum absolute atomic E-state index is 13.8. The molecule has 0 radical (unpaired) electrons. The van der Waals surface area contributed by atoms with Crippen LogP contribution >= 0.6 is 23.4 Å². The van der Waals surface area contributed by atoms with E-state index in [1.165, 1.54) is 42.4 Å². The van der Waals surface area contributed by atoms with Crippen molar-refractivity contribution in [2.75, 3.05) is 60.5 Å². The fourth-order valence-electron chi connectivity index (χ4n) is 7.62. The molecule has 15 heteroatoms. The molecule has 310 valence electrons. The number of aromatic nitrogens is 2. The zero-order valence-electron chi connectivity index (χ0n) is 33.3. The molecule has 2 aliphatic rings. The number of hydrogen-bond acceptors (Lipinski definition) is 11. The van der Waals surface area contributed by atoms with Crippen LogP contribution in [-0.2, 0) is 16.6 Å². The number of nitro groups is 1. The summed E-state index contributed by atoms with van der Waals surface area (Å²) in [7, 11) is -2.15. The number of rotatable bonds is 17. The first-order chi connectivity index (χ1) is 29.1. The molecule has 6 aromatic rings. The number of nitrogens with zero attached hydrogens (tertiary/aromatic N) is 6. The summed E-state index contributed by atoms with van der Waals surface area (Å²) in [5, 5.41) is 17.0. The monoisotopic (exact) mass is 862 g/mol. The third kappa shape index (κ3) is 10.2. The van der Waals surface area contributed by atoms with Gasteiger partial charge in [0, 0.05) is 84.2 Å². The second-order valence-electron chi connectivity index (χ2n) is 15.4. The molecule has 0 bridgehead atoms. The van der Waals surface area contributed by atoms with Crippen molar-refractivity contribution in [3.63, 3.8) is 0 Å². The van der Waals surface area contributed by atoms with E-state index in [1.807, 2.05) is 60.7 Å². The molecule has 1 aliphatic carbocycles. The Bertz CT molecular complexity index is 2560. The number of halogens is 1. The zero-order valence-corrected chi connectivity index (χ0v) is 35.7. The smallest absolute Gasteiger partial charge is 0.293 e. The first kappa shape index (κ1) is 41.5. The average molecular weight is 864 g/mol. The normalized spacial score (nSPS) is 15.3. The van der Waals surface area contributed by atoms with Crippen molar-refractivity contribution >= 4 is 67.2 Å². The Morgan fingerprint density at radius 1 is 0.917 bits per heavy atom. The van der Waals surface area contributed by atoms with E-state index in [2.05, 4.69) is 78.2 Å². The Morgan fingerprint density at radius 3 is 2.42 bits per heavy atom. The summed E-state index contributed by atoms with van der Waals surface area (Å²) in [6, 6.07) is 36.7. The number of fused-ring (bicyclic) bond motifs is 1. The lowest BCUT2D eigenvalue weighted by atomic mass is 9.99. The molecular formula is C45H47ClN8O4S2. The van der Waals surface area contributed by atoms with Crippen molar-refractivity contribution in [3.05, 3.63) is 142 Å². The van der Waals surface area contributed by atoms with E-state index >= 15 is 0 Å². The number of piperazine rings is 1. The third-order valence-corrected chi connectivity index (χ3v) is 13.9. The van der Waals surface area contributed by atoms with Crippen LogP contribution in [0.1, 0.15) is 24.8 Å². The summed E-state index contributed by atoms with van der Waals surface area (Å²) in [5.41, 5.74) is 5.12. The Morgan fingerprint density at radius 2 is 1.67 bits per heavy atom. The van der Waals surface area contributed by atoms with Gasteiger partial charge in [-0.05, 0) is 97.6 Å². The van der Waals surface area contributed by atoms with E-state index in [0.717, 1.165) is 67.9 Å². The molecule has 5 aromatic carbocycles. The molecule has 2 heterocycles. The molecule has 1 aromatic heterocycles. The van der Waals surface area contributed by atoms with Crippen molar-refractivity contribution in [1.82, 2.24) is 19.8 Å². The first-order valence-electron chi connectivity index (χ1n) is 20.1. The number of anilines is 3. The molecule has 1 saturated carbocycles. The zero-order chi connectivity index (χ0) is 41.6. The average Bonchev–Trinajstić information content (AvgIpc) is 4.12. The lowest BCUT2D eigenvalue weighted by molar-refractivity contribution is -0.384. The van der Waals surface area contributed by atoms with Gasteiger partial charge in [0.1, 0.15) is 12.0 Å². The van der Waals surface area contributed by atoms with Gasteiger partial charge < -0.3 is 15.1 Å². The van der Waals surface area contributed by atoms with Gasteiger partial charge in [0.2, 0.25) is 0 Å². The highest BCUT2D eigenvalue weighted by Gasteiger charge is 2.28. The summed E-state index contributed by atoms with van der Waals surface area (Å²) in [4.78, 5) is 28.6. The van der Waals surface area contributed by atoms with E-state index in [4.69, 9.17) is 11.6 Å². The summed E-state index contributed by atoms with van der Waals surface area (Å²) >= 11 is 7.83. The molecule has 60 heavy (non-hydrogen) atoms. The van der Waals surface area contributed by atoms with E-state index in [9.17, 15) is 18.5 Å². The van der Waals surface area contributed by atoms with E-state index in [-0.39, 0.29) is 28.1 Å². The molecule has 1 aliphatic heterocycles. The second kappa shape index (κ2) is 18.6. The predicted octanol–water partition coefficient (Wildman–Crippen LogP) is 9.04. The number of sulfonamides is 1. The van der Waals surface area contributed by atoms with Gasteiger partial charge in [0.15, 0.2) is 5.82 Å².